The van der Waals surface area contributed by atoms with E-state index in [1.807, 2.05) is 53.8 Å². The van der Waals surface area contributed by atoms with Crippen LogP contribution in [0.25, 0.3) is 10.9 Å². The van der Waals surface area contributed by atoms with Crippen LogP contribution < -0.4 is 21.6 Å². The minimum absolute atomic E-state index is 0.213. The number of nitriles is 3. The Bertz CT molecular complexity index is 2030. The first-order chi connectivity index (χ1) is 24.1. The summed E-state index contributed by atoms with van der Waals surface area (Å²) in [5.41, 5.74) is 14.1. The van der Waals surface area contributed by atoms with E-state index in [0.717, 1.165) is 62.5 Å². The van der Waals surface area contributed by atoms with E-state index in [0.29, 0.717) is 52.6 Å². The molecule has 2 atom stereocenters. The first-order valence-electron chi connectivity index (χ1n) is 16.8. The molecule has 12 heteroatoms. The van der Waals surface area contributed by atoms with Crippen molar-refractivity contribution in [1.82, 2.24) is 25.9 Å². The molecule has 11 nitrogen and oxygen atoms in total. The van der Waals surface area contributed by atoms with Crippen LogP contribution in [0, 0.1) is 34.0 Å². The average molecular weight is 669 g/mol. The molecule has 1 saturated heterocycles. The summed E-state index contributed by atoms with van der Waals surface area (Å²) in [6.07, 6.45) is 7.86. The molecule has 3 aliphatic heterocycles. The third-order valence-corrected chi connectivity index (χ3v) is 10.9. The zero-order valence-corrected chi connectivity index (χ0v) is 27.8. The number of hydrogen-bond donors (Lipinski definition) is 4. The van der Waals surface area contributed by atoms with Crippen LogP contribution in [0.4, 0.5) is 11.4 Å². The Kier molecular flexibility index (Phi) is 8.51. The maximum atomic E-state index is 10.3. The summed E-state index contributed by atoms with van der Waals surface area (Å²) in [5, 5.41) is 42.5. The van der Waals surface area contributed by atoms with Gasteiger partial charge in [-0.05, 0) is 59.9 Å². The molecule has 1 saturated carbocycles. The van der Waals surface area contributed by atoms with Crippen molar-refractivity contribution in [3.63, 3.8) is 0 Å². The Morgan fingerprint density at radius 1 is 1.04 bits per heavy atom. The zero-order chi connectivity index (χ0) is 33.3. The van der Waals surface area contributed by atoms with Crippen LogP contribution in [0.3, 0.4) is 0 Å². The van der Waals surface area contributed by atoms with Gasteiger partial charge in [0.2, 0.25) is 0 Å². The molecule has 4 aliphatic rings. The fraction of sp³-hybridized carbons (Fsp3) is 0.351. The van der Waals surface area contributed by atoms with Crippen molar-refractivity contribution in [2.75, 3.05) is 30.4 Å². The standard InChI is InChI=1S/C37H36N10OS/c38-11-4-7-32(23-5-2-1-3-6-23)43-36-25(16-40)17-41-35-24(15-39)13-26(14-30(35)36)42-37(33-18-47(45-44-33)27-8-9-27)31-22-49-34-19-46(12-10-29(31)34)28-20-48-21-28/h1-3,5-6,13-14,17-18,22,27-28,32,37,42,44-45H,4,7-10,12,19-21H2,(H,41,43)/t32-,37+/m1/s1. The van der Waals surface area contributed by atoms with Crippen molar-refractivity contribution in [2.24, 2.45) is 0 Å². The van der Waals surface area contributed by atoms with Crippen molar-refractivity contribution in [2.45, 2.75) is 62.8 Å². The van der Waals surface area contributed by atoms with Crippen LogP contribution in [-0.2, 0) is 17.7 Å². The second-order valence-corrected chi connectivity index (χ2v) is 14.0. The van der Waals surface area contributed by atoms with Crippen molar-refractivity contribution in [3.05, 3.63) is 98.6 Å². The summed E-state index contributed by atoms with van der Waals surface area (Å²) < 4.78 is 5.48. The molecule has 2 aromatic heterocycles. The number of anilines is 2. The fourth-order valence-electron chi connectivity index (χ4n) is 6.99. The number of ether oxygens (including phenoxy) is 1. The van der Waals surface area contributed by atoms with E-state index in [2.05, 4.69) is 66.3 Å². The molecule has 0 spiro atoms. The molecule has 4 N–H and O–H groups in total. The molecule has 8 rings (SSSR count). The van der Waals surface area contributed by atoms with Gasteiger partial charge in [0.25, 0.3) is 0 Å². The van der Waals surface area contributed by atoms with Crippen molar-refractivity contribution in [1.29, 1.82) is 15.8 Å². The third-order valence-electron chi connectivity index (χ3n) is 9.90. The molecule has 246 valence electrons. The number of thiophene rings is 1. The second kappa shape index (κ2) is 13.4. The second-order valence-electron chi connectivity index (χ2n) is 13.0. The highest BCUT2D eigenvalue weighted by atomic mass is 32.1. The van der Waals surface area contributed by atoms with Crippen LogP contribution in [-0.4, -0.2) is 46.7 Å². The maximum absolute atomic E-state index is 10.3. The molecule has 1 aliphatic carbocycles. The predicted molar refractivity (Wildman–Crippen MR) is 187 cm³/mol. The van der Waals surface area contributed by atoms with E-state index < -0.39 is 0 Å². The van der Waals surface area contributed by atoms with Gasteiger partial charge in [-0.2, -0.15) is 15.8 Å². The molecule has 2 fully saturated rings. The topological polar surface area (TPSA) is 148 Å². The lowest BCUT2D eigenvalue weighted by molar-refractivity contribution is -0.0691. The van der Waals surface area contributed by atoms with E-state index in [-0.39, 0.29) is 12.1 Å². The lowest BCUT2D eigenvalue weighted by atomic mass is 9.95. The zero-order valence-electron chi connectivity index (χ0n) is 26.9. The van der Waals surface area contributed by atoms with Crippen molar-refractivity contribution >= 4 is 33.6 Å². The quantitative estimate of drug-likeness (QED) is 0.155. The largest absolute Gasteiger partial charge is 0.378 e. The van der Waals surface area contributed by atoms with Gasteiger partial charge in [-0.3, -0.25) is 14.9 Å². The van der Waals surface area contributed by atoms with Crippen LogP contribution in [0.1, 0.15) is 70.5 Å². The normalized spacial score (nSPS) is 18.6. The Morgan fingerprint density at radius 2 is 1.88 bits per heavy atom. The number of benzene rings is 2. The Hall–Kier alpha value is -5.16. The molecule has 4 aromatic rings. The van der Waals surface area contributed by atoms with Gasteiger partial charge in [0, 0.05) is 53.9 Å². The lowest BCUT2D eigenvalue weighted by Crippen LogP contribution is -2.50. The third kappa shape index (κ3) is 6.14. The van der Waals surface area contributed by atoms with E-state index in [9.17, 15) is 15.8 Å². The van der Waals surface area contributed by atoms with Gasteiger partial charge in [0.1, 0.15) is 12.1 Å². The SMILES string of the molecule is N#CCC[C@@H](Nc1c(C#N)cnc2c(C#N)cc(N[C@H](C3=CN(C4CC4)NN3)c3csc4c3CCN(C3COC3)C4)cc12)c1ccccc1. The number of nitrogens with zero attached hydrogens (tertiary/aromatic N) is 6. The highest BCUT2D eigenvalue weighted by Gasteiger charge is 2.35. The van der Waals surface area contributed by atoms with Crippen molar-refractivity contribution < 1.29 is 4.74 Å². The predicted octanol–water partition coefficient (Wildman–Crippen LogP) is 5.74. The summed E-state index contributed by atoms with van der Waals surface area (Å²) >= 11 is 1.81. The molecule has 5 heterocycles. The Labute approximate surface area is 289 Å². The number of hydrazine groups is 2. The van der Waals surface area contributed by atoms with Gasteiger partial charge >= 0.3 is 0 Å². The van der Waals surface area contributed by atoms with Gasteiger partial charge in [0.05, 0.1) is 65.4 Å². The number of rotatable bonds is 11. The average Bonchev–Trinajstić information content (AvgIpc) is 3.70. The number of aromatic nitrogens is 1. The molecular formula is C37H36N10OS. The molecule has 0 unspecified atom stereocenters. The Morgan fingerprint density at radius 3 is 2.61 bits per heavy atom. The minimum atomic E-state index is -0.218. The molecule has 49 heavy (non-hydrogen) atoms. The molecule has 2 aromatic carbocycles. The van der Waals surface area contributed by atoms with Crippen LogP contribution >= 0.6 is 11.3 Å². The maximum Gasteiger partial charge on any atom is 0.103 e. The molecule has 0 bridgehead atoms. The van der Waals surface area contributed by atoms with Gasteiger partial charge in [-0.15, -0.1) is 16.9 Å². The van der Waals surface area contributed by atoms with E-state index in [1.165, 1.54) is 22.2 Å². The number of pyridine rings is 1. The molecule has 0 radical (unpaired) electrons. The minimum Gasteiger partial charge on any atom is -0.378 e. The first kappa shape index (κ1) is 31.1. The number of nitrogens with one attached hydrogen (secondary N) is 4. The van der Waals surface area contributed by atoms with Gasteiger partial charge in [-0.25, -0.2) is 0 Å². The van der Waals surface area contributed by atoms with Gasteiger partial charge in [0.15, 0.2) is 0 Å². The highest BCUT2D eigenvalue weighted by molar-refractivity contribution is 7.10. The molecular weight excluding hydrogens is 633 g/mol. The van der Waals surface area contributed by atoms with E-state index >= 15 is 0 Å². The van der Waals surface area contributed by atoms with Crippen LogP contribution in [0.5, 0.6) is 0 Å². The smallest absolute Gasteiger partial charge is 0.103 e. The summed E-state index contributed by atoms with van der Waals surface area (Å²) in [6, 6.07) is 21.2. The Balaban J connectivity index is 1.19. The lowest BCUT2D eigenvalue weighted by Gasteiger charge is -2.39. The summed E-state index contributed by atoms with van der Waals surface area (Å²) in [6.45, 7) is 3.55. The summed E-state index contributed by atoms with van der Waals surface area (Å²) in [4.78, 5) is 8.51. The number of fused-ring (bicyclic) bond motifs is 2. The first-order valence-corrected chi connectivity index (χ1v) is 17.7. The fourth-order valence-corrected chi connectivity index (χ4v) is 8.14. The number of hydrogen-bond acceptors (Lipinski definition) is 12. The van der Waals surface area contributed by atoms with Gasteiger partial charge < -0.3 is 20.8 Å². The molecule has 0 amide bonds. The summed E-state index contributed by atoms with van der Waals surface area (Å²) in [5.74, 6) is 0. The highest BCUT2D eigenvalue weighted by Crippen LogP contribution is 2.40. The monoisotopic (exact) mass is 668 g/mol. The van der Waals surface area contributed by atoms with Gasteiger partial charge in [-0.1, -0.05) is 30.3 Å². The van der Waals surface area contributed by atoms with E-state index in [1.54, 1.807) is 0 Å². The van der Waals surface area contributed by atoms with Crippen molar-refractivity contribution in [3.8, 4) is 18.2 Å². The van der Waals surface area contributed by atoms with Crippen LogP contribution in [0.2, 0.25) is 0 Å². The van der Waals surface area contributed by atoms with E-state index in [4.69, 9.17) is 4.74 Å². The van der Waals surface area contributed by atoms with Crippen LogP contribution in [0.15, 0.2) is 65.9 Å². The summed E-state index contributed by atoms with van der Waals surface area (Å²) in [7, 11) is 0.